The lowest BCUT2D eigenvalue weighted by Crippen LogP contribution is -1.87. The molecule has 0 aliphatic heterocycles. The van der Waals surface area contributed by atoms with Crippen molar-refractivity contribution in [2.45, 2.75) is 9.79 Å². The summed E-state index contributed by atoms with van der Waals surface area (Å²) in [6.45, 7) is 0. The third-order valence-corrected chi connectivity index (χ3v) is 3.66. The summed E-state index contributed by atoms with van der Waals surface area (Å²) in [5.74, 6) is 0.192. The Bertz CT molecular complexity index is 499. The third kappa shape index (κ3) is 2.71. The summed E-state index contributed by atoms with van der Waals surface area (Å²) in [4.78, 5) is 2.06. The summed E-state index contributed by atoms with van der Waals surface area (Å²) in [7, 11) is 0. The van der Waals surface area contributed by atoms with Gasteiger partial charge in [0, 0.05) is 26.0 Å². The number of phenols is 1. The first-order valence-corrected chi connectivity index (χ1v) is 6.28. The monoisotopic (exact) mass is 295 g/mol. The van der Waals surface area contributed by atoms with E-state index in [0.717, 1.165) is 14.3 Å². The summed E-state index contributed by atoms with van der Waals surface area (Å²) < 4.78 is 1.05. The molecule has 0 heterocycles. The van der Waals surface area contributed by atoms with Crippen molar-refractivity contribution in [1.82, 2.24) is 0 Å². The normalized spacial score (nSPS) is 10.3. The molecule has 0 bridgehead atoms. The van der Waals surface area contributed by atoms with E-state index in [2.05, 4.69) is 15.9 Å². The van der Waals surface area contributed by atoms with Gasteiger partial charge >= 0.3 is 0 Å². The zero-order valence-electron chi connectivity index (χ0n) is 8.35. The molecule has 0 spiro atoms. The van der Waals surface area contributed by atoms with Gasteiger partial charge in [0.15, 0.2) is 0 Å². The van der Waals surface area contributed by atoms with Gasteiger partial charge in [-0.3, -0.25) is 0 Å². The van der Waals surface area contributed by atoms with Crippen LogP contribution in [0.1, 0.15) is 0 Å². The van der Waals surface area contributed by atoms with Gasteiger partial charge in [-0.25, -0.2) is 0 Å². The fourth-order valence-corrected chi connectivity index (χ4v) is 2.36. The van der Waals surface area contributed by atoms with Gasteiger partial charge in [-0.2, -0.15) is 0 Å². The van der Waals surface area contributed by atoms with Crippen molar-refractivity contribution in [3.63, 3.8) is 0 Å². The fraction of sp³-hybridized carbons (Fsp3) is 0. The van der Waals surface area contributed by atoms with Crippen LogP contribution in [0.2, 0.25) is 0 Å². The second kappa shape index (κ2) is 4.80. The minimum Gasteiger partial charge on any atom is -0.508 e. The van der Waals surface area contributed by atoms with Crippen LogP contribution in [0.4, 0.5) is 5.69 Å². The van der Waals surface area contributed by atoms with Gasteiger partial charge in [-0.05, 0) is 36.4 Å². The van der Waals surface area contributed by atoms with E-state index in [1.54, 1.807) is 23.9 Å². The van der Waals surface area contributed by atoms with Crippen LogP contribution in [0, 0.1) is 0 Å². The number of nitrogens with two attached hydrogens (primary N) is 1. The van der Waals surface area contributed by atoms with Gasteiger partial charge in [0.25, 0.3) is 0 Å². The number of halogens is 1. The van der Waals surface area contributed by atoms with Crippen LogP contribution in [0.15, 0.2) is 56.7 Å². The van der Waals surface area contributed by atoms with E-state index in [0.29, 0.717) is 5.69 Å². The Morgan fingerprint density at radius 3 is 2.38 bits per heavy atom. The summed E-state index contributed by atoms with van der Waals surface area (Å²) in [6, 6.07) is 13.0. The predicted octanol–water partition coefficient (Wildman–Crippen LogP) is 3.89. The van der Waals surface area contributed by atoms with Crippen LogP contribution in [0.3, 0.4) is 0 Å². The molecule has 2 nitrogen and oxygen atoms in total. The van der Waals surface area contributed by atoms with E-state index in [1.165, 1.54) is 0 Å². The maximum Gasteiger partial charge on any atom is 0.117 e. The topological polar surface area (TPSA) is 46.2 Å². The van der Waals surface area contributed by atoms with Gasteiger partial charge < -0.3 is 10.8 Å². The minimum absolute atomic E-state index is 0.192. The number of phenolic OH excluding ortho intramolecular Hbond substituents is 1. The van der Waals surface area contributed by atoms with Crippen LogP contribution in [0.25, 0.3) is 0 Å². The molecule has 16 heavy (non-hydrogen) atoms. The van der Waals surface area contributed by atoms with Gasteiger partial charge in [0.1, 0.15) is 5.75 Å². The highest BCUT2D eigenvalue weighted by Gasteiger charge is 2.02. The summed E-state index contributed by atoms with van der Waals surface area (Å²) in [6.07, 6.45) is 0. The van der Waals surface area contributed by atoms with Crippen LogP contribution in [-0.2, 0) is 0 Å². The predicted molar refractivity (Wildman–Crippen MR) is 70.8 cm³/mol. The summed E-state index contributed by atoms with van der Waals surface area (Å²) in [5.41, 5.74) is 6.40. The second-order valence-corrected chi connectivity index (χ2v) is 5.31. The van der Waals surface area contributed by atoms with Crippen molar-refractivity contribution in [2.24, 2.45) is 0 Å². The van der Waals surface area contributed by atoms with Crippen molar-refractivity contribution in [2.75, 3.05) is 5.73 Å². The number of anilines is 1. The van der Waals surface area contributed by atoms with E-state index >= 15 is 0 Å². The fourth-order valence-electron chi connectivity index (χ4n) is 1.26. The number of hydrogen-bond donors (Lipinski definition) is 2. The Hall–Kier alpha value is -1.13. The van der Waals surface area contributed by atoms with Crippen molar-refractivity contribution in [3.05, 3.63) is 46.9 Å². The molecule has 0 aromatic heterocycles. The average Bonchev–Trinajstić information content (AvgIpc) is 2.25. The van der Waals surface area contributed by atoms with Gasteiger partial charge in [0.2, 0.25) is 0 Å². The van der Waals surface area contributed by atoms with Crippen LogP contribution < -0.4 is 5.73 Å². The van der Waals surface area contributed by atoms with Crippen molar-refractivity contribution < 1.29 is 5.11 Å². The Balaban J connectivity index is 2.23. The standard InChI is InChI=1S/C12H10BrNOS/c13-8-1-4-10(5-2-8)16-12-6-3-9(15)7-11(12)14/h1-7,15H,14H2. The first-order valence-electron chi connectivity index (χ1n) is 4.67. The molecule has 0 amide bonds. The largest absolute Gasteiger partial charge is 0.508 e. The number of hydrogen-bond acceptors (Lipinski definition) is 3. The van der Waals surface area contributed by atoms with E-state index in [1.807, 2.05) is 30.3 Å². The molecule has 0 atom stereocenters. The minimum atomic E-state index is 0.192. The van der Waals surface area contributed by atoms with Crippen LogP contribution >= 0.6 is 27.7 Å². The molecule has 0 radical (unpaired) electrons. The molecule has 3 N–H and O–H groups in total. The first kappa shape index (κ1) is 11.4. The molecule has 2 aromatic rings. The molecule has 4 heteroatoms. The van der Waals surface area contributed by atoms with Crippen LogP contribution in [0.5, 0.6) is 5.75 Å². The van der Waals surface area contributed by atoms with Crippen LogP contribution in [-0.4, -0.2) is 5.11 Å². The molecular weight excluding hydrogens is 286 g/mol. The van der Waals surface area contributed by atoms with Gasteiger partial charge in [-0.15, -0.1) is 0 Å². The van der Waals surface area contributed by atoms with Gasteiger partial charge in [-0.1, -0.05) is 27.7 Å². The Kier molecular flexibility index (Phi) is 3.41. The highest BCUT2D eigenvalue weighted by atomic mass is 79.9. The highest BCUT2D eigenvalue weighted by molar-refractivity contribution is 9.10. The Morgan fingerprint density at radius 2 is 1.75 bits per heavy atom. The molecular formula is C12H10BrNOS. The molecule has 2 rings (SSSR count). The molecule has 0 unspecified atom stereocenters. The lowest BCUT2D eigenvalue weighted by atomic mass is 10.3. The molecule has 0 aliphatic carbocycles. The Morgan fingerprint density at radius 1 is 1.06 bits per heavy atom. The number of aromatic hydroxyl groups is 1. The van der Waals surface area contributed by atoms with Crippen molar-refractivity contribution in [1.29, 1.82) is 0 Å². The Labute approximate surface area is 107 Å². The summed E-state index contributed by atoms with van der Waals surface area (Å²) >= 11 is 4.96. The molecule has 0 saturated heterocycles. The smallest absolute Gasteiger partial charge is 0.117 e. The quantitative estimate of drug-likeness (QED) is 0.826. The molecule has 0 fully saturated rings. The molecule has 2 aromatic carbocycles. The van der Waals surface area contributed by atoms with E-state index in [-0.39, 0.29) is 5.75 Å². The summed E-state index contributed by atoms with van der Waals surface area (Å²) in [5, 5.41) is 9.24. The van der Waals surface area contributed by atoms with E-state index in [4.69, 9.17) is 5.73 Å². The first-order chi connectivity index (χ1) is 7.65. The van der Waals surface area contributed by atoms with E-state index < -0.39 is 0 Å². The zero-order chi connectivity index (χ0) is 11.5. The molecule has 0 aliphatic rings. The van der Waals surface area contributed by atoms with Crippen molar-refractivity contribution in [3.8, 4) is 5.75 Å². The number of benzene rings is 2. The van der Waals surface area contributed by atoms with Gasteiger partial charge in [0.05, 0.1) is 0 Å². The SMILES string of the molecule is Nc1cc(O)ccc1Sc1ccc(Br)cc1. The number of rotatable bonds is 2. The number of nitrogen functional groups attached to an aromatic ring is 1. The highest BCUT2D eigenvalue weighted by Crippen LogP contribution is 2.34. The van der Waals surface area contributed by atoms with E-state index in [9.17, 15) is 5.11 Å². The zero-order valence-corrected chi connectivity index (χ0v) is 10.8. The maximum absolute atomic E-state index is 9.24. The van der Waals surface area contributed by atoms with Crippen molar-refractivity contribution >= 4 is 33.4 Å². The molecule has 82 valence electrons. The maximum atomic E-state index is 9.24. The lowest BCUT2D eigenvalue weighted by molar-refractivity contribution is 0.475. The second-order valence-electron chi connectivity index (χ2n) is 3.28. The lowest BCUT2D eigenvalue weighted by Gasteiger charge is -2.05. The third-order valence-electron chi connectivity index (χ3n) is 2.03. The molecule has 0 saturated carbocycles. The average molecular weight is 296 g/mol.